The number of rotatable bonds is 4. The molecule has 0 bridgehead atoms. The number of nitrogens with zero attached hydrogens (tertiary/aromatic N) is 3. The molecule has 1 aliphatic rings. The maximum Gasteiger partial charge on any atom is 0.243 e. The molecule has 5 rings (SSSR count). The van der Waals surface area contributed by atoms with E-state index in [2.05, 4.69) is 33.4 Å². The molecule has 1 fully saturated rings. The molecule has 30 heavy (non-hydrogen) atoms. The highest BCUT2D eigenvalue weighted by Crippen LogP contribution is 2.30. The average molecular weight is 411 g/mol. The predicted molar refractivity (Wildman–Crippen MR) is 125 cm³/mol. The van der Waals surface area contributed by atoms with Gasteiger partial charge >= 0.3 is 0 Å². The lowest BCUT2D eigenvalue weighted by Crippen LogP contribution is -2.28. The maximum absolute atomic E-state index is 12.4. The van der Waals surface area contributed by atoms with E-state index in [0.717, 1.165) is 33.4 Å². The smallest absolute Gasteiger partial charge is 0.243 e. The minimum Gasteiger partial charge on any atom is -0.354 e. The van der Waals surface area contributed by atoms with Crippen molar-refractivity contribution in [1.82, 2.24) is 4.98 Å². The average Bonchev–Trinajstić information content (AvgIpc) is 3.35. The van der Waals surface area contributed by atoms with Gasteiger partial charge in [-0.05, 0) is 23.8 Å². The number of anilines is 1. The molecule has 6 heteroatoms. The molecule has 4 aromatic rings. The monoisotopic (exact) mass is 410 g/mol. The van der Waals surface area contributed by atoms with Gasteiger partial charge in [0.1, 0.15) is 0 Å². The molecular formula is C24H18N4OS. The first kappa shape index (κ1) is 18.4. The fraction of sp³-hybridized carbons (Fsp3) is 0.0417. The summed E-state index contributed by atoms with van der Waals surface area (Å²) in [6.07, 6.45) is 1.76. The molecule has 2 heterocycles. The van der Waals surface area contributed by atoms with E-state index in [1.165, 1.54) is 11.8 Å². The van der Waals surface area contributed by atoms with E-state index in [-0.39, 0.29) is 5.91 Å². The molecule has 3 aromatic carbocycles. The number of hydrogen-bond donors (Lipinski definition) is 1. The molecule has 146 valence electrons. The molecule has 0 saturated carbocycles. The van der Waals surface area contributed by atoms with E-state index in [4.69, 9.17) is 0 Å². The summed E-state index contributed by atoms with van der Waals surface area (Å²) in [5.41, 5.74) is 4.90. The molecule has 0 radical (unpaired) electrons. The van der Waals surface area contributed by atoms with Gasteiger partial charge in [-0.3, -0.25) is 9.69 Å². The van der Waals surface area contributed by atoms with Crippen molar-refractivity contribution in [3.8, 4) is 11.3 Å². The van der Waals surface area contributed by atoms with Gasteiger partial charge in [0.05, 0.1) is 23.3 Å². The predicted octanol–water partition coefficient (Wildman–Crippen LogP) is 5.30. The van der Waals surface area contributed by atoms with Gasteiger partial charge in [-0.25, -0.2) is 0 Å². The first-order valence-electron chi connectivity index (χ1n) is 9.59. The van der Waals surface area contributed by atoms with E-state index >= 15 is 0 Å². The van der Waals surface area contributed by atoms with Crippen molar-refractivity contribution < 1.29 is 4.79 Å². The van der Waals surface area contributed by atoms with Crippen molar-refractivity contribution >= 4 is 45.6 Å². The highest BCUT2D eigenvalue weighted by molar-refractivity contribution is 8.15. The lowest BCUT2D eigenvalue weighted by atomic mass is 10.1. The molecule has 5 nitrogen and oxygen atoms in total. The zero-order valence-electron chi connectivity index (χ0n) is 16.0. The second-order valence-corrected chi connectivity index (χ2v) is 7.75. The number of H-pyrrole nitrogens is 1. The number of thioether (sulfide) groups is 1. The summed E-state index contributed by atoms with van der Waals surface area (Å²) < 4.78 is 0. The number of hydrogen-bond acceptors (Lipinski definition) is 4. The van der Waals surface area contributed by atoms with Crippen molar-refractivity contribution in [1.29, 1.82) is 0 Å². The summed E-state index contributed by atoms with van der Waals surface area (Å²) in [6, 6.07) is 27.8. The van der Waals surface area contributed by atoms with Gasteiger partial charge in [0, 0.05) is 16.5 Å². The van der Waals surface area contributed by atoms with Crippen LogP contribution in [0.2, 0.25) is 0 Å². The van der Waals surface area contributed by atoms with Crippen LogP contribution in [0.15, 0.2) is 95.1 Å². The normalized spacial score (nSPS) is 15.7. The van der Waals surface area contributed by atoms with Gasteiger partial charge in [-0.15, -0.1) is 5.10 Å². The van der Waals surface area contributed by atoms with Gasteiger partial charge < -0.3 is 4.98 Å². The number of aromatic nitrogens is 1. The number of aromatic amines is 1. The fourth-order valence-electron chi connectivity index (χ4n) is 3.53. The van der Waals surface area contributed by atoms with E-state index in [1.807, 2.05) is 66.7 Å². The Morgan fingerprint density at radius 1 is 0.900 bits per heavy atom. The number of amidine groups is 1. The largest absolute Gasteiger partial charge is 0.354 e. The Morgan fingerprint density at radius 2 is 1.60 bits per heavy atom. The molecule has 1 aliphatic heterocycles. The Balaban J connectivity index is 1.54. The van der Waals surface area contributed by atoms with Gasteiger partial charge in [0.25, 0.3) is 0 Å². The third-order valence-electron chi connectivity index (χ3n) is 4.92. The van der Waals surface area contributed by atoms with E-state index in [1.54, 1.807) is 11.1 Å². The van der Waals surface area contributed by atoms with Crippen LogP contribution in [-0.4, -0.2) is 28.0 Å². The fourth-order valence-corrected chi connectivity index (χ4v) is 4.36. The maximum atomic E-state index is 12.4. The Hall–Kier alpha value is -3.64. The molecule has 1 amide bonds. The van der Waals surface area contributed by atoms with Gasteiger partial charge in [-0.1, -0.05) is 78.5 Å². The highest BCUT2D eigenvalue weighted by Gasteiger charge is 2.29. The minimum absolute atomic E-state index is 0.0113. The van der Waals surface area contributed by atoms with Gasteiger partial charge in [0.2, 0.25) is 5.91 Å². The number of fused-ring (bicyclic) bond motifs is 1. The quantitative estimate of drug-likeness (QED) is 0.366. The second-order valence-electron chi connectivity index (χ2n) is 6.81. The van der Waals surface area contributed by atoms with Crippen molar-refractivity contribution in [2.24, 2.45) is 10.2 Å². The first-order valence-corrected chi connectivity index (χ1v) is 10.6. The third-order valence-corrected chi connectivity index (χ3v) is 5.83. The molecule has 0 atom stereocenters. The van der Waals surface area contributed by atoms with Crippen LogP contribution in [0.1, 0.15) is 5.56 Å². The van der Waals surface area contributed by atoms with Crippen molar-refractivity contribution in [2.75, 3.05) is 10.7 Å². The van der Waals surface area contributed by atoms with E-state index in [0.29, 0.717) is 10.9 Å². The van der Waals surface area contributed by atoms with Crippen LogP contribution in [0.5, 0.6) is 0 Å². The summed E-state index contributed by atoms with van der Waals surface area (Å²) in [6.45, 7) is 0. The zero-order chi connectivity index (χ0) is 20.3. The Kier molecular flexibility index (Phi) is 4.91. The van der Waals surface area contributed by atoms with Crippen LogP contribution in [0.4, 0.5) is 5.69 Å². The Bertz CT molecular complexity index is 1260. The standard InChI is InChI=1S/C24H18N4OS/c29-22-16-30-24(28(22)18-11-5-2-6-12-18)27-25-15-20-19-13-7-8-14-21(19)26-23(20)17-9-3-1-4-10-17/h1-15,26H,16H2/b25-15-,27-24?. The van der Waals surface area contributed by atoms with Gasteiger partial charge in [-0.2, -0.15) is 5.10 Å². The van der Waals surface area contributed by atoms with Crippen LogP contribution in [-0.2, 0) is 4.79 Å². The SMILES string of the molecule is O=C1CSC(=N/N=C\c2c(-c3ccccc3)[nH]c3ccccc23)N1c1ccccc1. The number of carbonyl (C=O) groups excluding carboxylic acids is 1. The lowest BCUT2D eigenvalue weighted by Gasteiger charge is -2.14. The second kappa shape index (κ2) is 8.00. The summed E-state index contributed by atoms with van der Waals surface area (Å²) >= 11 is 1.40. The summed E-state index contributed by atoms with van der Waals surface area (Å²) in [5.74, 6) is 0.378. The molecule has 0 unspecified atom stereocenters. The summed E-state index contributed by atoms with van der Waals surface area (Å²) in [5, 5.41) is 10.4. The Labute approximate surface area is 178 Å². The van der Waals surface area contributed by atoms with Crippen LogP contribution in [0.25, 0.3) is 22.2 Å². The molecule has 1 aromatic heterocycles. The molecule has 1 N–H and O–H groups in total. The number of para-hydroxylation sites is 2. The summed E-state index contributed by atoms with van der Waals surface area (Å²) in [7, 11) is 0. The lowest BCUT2D eigenvalue weighted by molar-refractivity contribution is -0.115. The summed E-state index contributed by atoms with van der Waals surface area (Å²) in [4.78, 5) is 17.5. The molecule has 1 saturated heterocycles. The topological polar surface area (TPSA) is 60.8 Å². The number of benzene rings is 3. The van der Waals surface area contributed by atoms with Crippen LogP contribution >= 0.6 is 11.8 Å². The molecular weight excluding hydrogens is 392 g/mol. The van der Waals surface area contributed by atoms with Crippen LogP contribution < -0.4 is 4.90 Å². The molecule has 0 spiro atoms. The van der Waals surface area contributed by atoms with Crippen molar-refractivity contribution in [3.63, 3.8) is 0 Å². The number of carbonyl (C=O) groups is 1. The zero-order valence-corrected chi connectivity index (χ0v) is 16.8. The van der Waals surface area contributed by atoms with Crippen molar-refractivity contribution in [3.05, 3.63) is 90.5 Å². The third kappa shape index (κ3) is 3.42. The van der Waals surface area contributed by atoms with E-state index in [9.17, 15) is 4.79 Å². The van der Waals surface area contributed by atoms with Crippen molar-refractivity contribution in [2.45, 2.75) is 0 Å². The van der Waals surface area contributed by atoms with Crippen LogP contribution in [0, 0.1) is 0 Å². The van der Waals surface area contributed by atoms with E-state index < -0.39 is 0 Å². The minimum atomic E-state index is 0.0113. The molecule has 0 aliphatic carbocycles. The Morgan fingerprint density at radius 3 is 2.40 bits per heavy atom. The van der Waals surface area contributed by atoms with Crippen LogP contribution in [0.3, 0.4) is 0 Å². The highest BCUT2D eigenvalue weighted by atomic mass is 32.2. The van der Waals surface area contributed by atoms with Gasteiger partial charge in [0.15, 0.2) is 5.17 Å². The number of amides is 1. The number of nitrogens with one attached hydrogen (secondary N) is 1. The first-order chi connectivity index (χ1) is 14.8.